The Kier molecular flexibility index (Phi) is 6.24. The number of amides is 2. The van der Waals surface area contributed by atoms with Crippen molar-refractivity contribution in [2.45, 2.75) is 6.42 Å². The van der Waals surface area contributed by atoms with E-state index in [0.29, 0.717) is 19.6 Å². The third kappa shape index (κ3) is 5.23. The average Bonchev–Trinajstić information content (AvgIpc) is 2.37. The van der Waals surface area contributed by atoms with Gasteiger partial charge in [0.15, 0.2) is 0 Å². The van der Waals surface area contributed by atoms with E-state index in [2.05, 4.69) is 10.6 Å². The zero-order valence-corrected chi connectivity index (χ0v) is 11.1. The zero-order valence-electron chi connectivity index (χ0n) is 10.3. The molecule has 0 saturated heterocycles. The zero-order chi connectivity index (χ0) is 14.3. The second kappa shape index (κ2) is 7.70. The van der Waals surface area contributed by atoms with Gasteiger partial charge in [0.25, 0.3) is 0 Å². The summed E-state index contributed by atoms with van der Waals surface area (Å²) < 4.78 is 18.2. The lowest BCUT2D eigenvalue weighted by molar-refractivity contribution is -0.136. The van der Waals surface area contributed by atoms with E-state index in [-0.39, 0.29) is 10.7 Å². The Hall–Kier alpha value is -1.66. The van der Waals surface area contributed by atoms with Gasteiger partial charge in [-0.15, -0.1) is 0 Å². The monoisotopic (exact) mass is 288 g/mol. The summed E-state index contributed by atoms with van der Waals surface area (Å²) in [6, 6.07) is 3.75. The smallest absolute Gasteiger partial charge is 0.313 e. The Bertz CT molecular complexity index is 468. The summed E-state index contributed by atoms with van der Waals surface area (Å²) in [6.07, 6.45) is 0.588. The first-order valence-corrected chi connectivity index (χ1v) is 5.95. The molecule has 0 fully saturated rings. The molecule has 104 valence electrons. The Balaban J connectivity index is 2.47. The number of ether oxygens (including phenoxy) is 1. The molecule has 0 spiro atoms. The number of benzene rings is 1. The molecule has 0 aliphatic carbocycles. The molecule has 0 atom stereocenters. The minimum absolute atomic E-state index is 0.0959. The van der Waals surface area contributed by atoms with Crippen LogP contribution in [0.5, 0.6) is 0 Å². The summed E-state index contributed by atoms with van der Waals surface area (Å²) in [4.78, 5) is 22.8. The lowest BCUT2D eigenvalue weighted by atomic mass is 10.3. The Labute approximate surface area is 115 Å². The molecule has 1 aromatic carbocycles. The molecule has 0 radical (unpaired) electrons. The Morgan fingerprint density at radius 2 is 2.11 bits per heavy atom. The van der Waals surface area contributed by atoms with Crippen LogP contribution in [0.15, 0.2) is 18.2 Å². The van der Waals surface area contributed by atoms with Crippen molar-refractivity contribution in [1.82, 2.24) is 5.32 Å². The third-order valence-electron chi connectivity index (χ3n) is 2.20. The highest BCUT2D eigenvalue weighted by Gasteiger charge is 2.14. The predicted octanol–water partition coefficient (Wildman–Crippen LogP) is 1.57. The van der Waals surface area contributed by atoms with Crippen molar-refractivity contribution < 1.29 is 18.7 Å². The van der Waals surface area contributed by atoms with E-state index >= 15 is 0 Å². The predicted molar refractivity (Wildman–Crippen MR) is 69.5 cm³/mol. The van der Waals surface area contributed by atoms with Crippen LogP contribution in [0.2, 0.25) is 5.02 Å². The van der Waals surface area contributed by atoms with Gasteiger partial charge in [0.05, 0.1) is 5.69 Å². The van der Waals surface area contributed by atoms with Crippen LogP contribution in [0, 0.1) is 5.82 Å². The highest BCUT2D eigenvalue weighted by atomic mass is 35.5. The maximum atomic E-state index is 13.4. The molecular formula is C12H14ClFN2O3. The van der Waals surface area contributed by atoms with Gasteiger partial charge in [-0.25, -0.2) is 4.39 Å². The molecule has 1 rings (SSSR count). The molecule has 0 aliphatic heterocycles. The van der Waals surface area contributed by atoms with E-state index in [1.807, 2.05) is 0 Å². The van der Waals surface area contributed by atoms with Crippen LogP contribution >= 0.6 is 11.6 Å². The highest BCUT2D eigenvalue weighted by molar-refractivity contribution is 6.39. The summed E-state index contributed by atoms with van der Waals surface area (Å²) in [6.45, 7) is 0.789. The standard InChI is InChI=1S/C12H14ClFN2O3/c1-19-6-2-5-15-11(17)12(18)16-10-4-3-8(13)7-9(10)14/h3-4,7H,2,5-6H2,1H3,(H,15,17)(H,16,18). The molecule has 0 bridgehead atoms. The molecule has 5 nitrogen and oxygen atoms in total. The van der Waals surface area contributed by atoms with Crippen LogP contribution in [0.1, 0.15) is 6.42 Å². The summed E-state index contributed by atoms with van der Waals surface area (Å²) in [7, 11) is 1.54. The second-order valence-electron chi connectivity index (χ2n) is 3.68. The van der Waals surface area contributed by atoms with Gasteiger partial charge in [0, 0.05) is 25.3 Å². The number of rotatable bonds is 5. The maximum absolute atomic E-state index is 13.4. The lowest BCUT2D eigenvalue weighted by Gasteiger charge is -2.07. The van der Waals surface area contributed by atoms with E-state index in [1.54, 1.807) is 0 Å². The Morgan fingerprint density at radius 3 is 2.74 bits per heavy atom. The second-order valence-corrected chi connectivity index (χ2v) is 4.12. The first kappa shape index (κ1) is 15.4. The van der Waals surface area contributed by atoms with Crippen molar-refractivity contribution in [2.24, 2.45) is 0 Å². The number of halogens is 2. The van der Waals surface area contributed by atoms with Crippen molar-refractivity contribution in [3.8, 4) is 0 Å². The number of anilines is 1. The molecule has 0 saturated carbocycles. The molecule has 0 unspecified atom stereocenters. The minimum Gasteiger partial charge on any atom is -0.385 e. The van der Waals surface area contributed by atoms with Gasteiger partial charge < -0.3 is 15.4 Å². The number of hydrogen-bond acceptors (Lipinski definition) is 3. The lowest BCUT2D eigenvalue weighted by Crippen LogP contribution is -2.36. The van der Waals surface area contributed by atoms with Crippen molar-refractivity contribution in [3.63, 3.8) is 0 Å². The summed E-state index contributed by atoms with van der Waals surface area (Å²) in [5.74, 6) is -2.46. The van der Waals surface area contributed by atoms with Crippen LogP contribution in [0.4, 0.5) is 10.1 Å². The van der Waals surface area contributed by atoms with Crippen LogP contribution in [0.3, 0.4) is 0 Å². The van der Waals surface area contributed by atoms with Gasteiger partial charge in [0.2, 0.25) is 0 Å². The minimum atomic E-state index is -0.932. The molecule has 19 heavy (non-hydrogen) atoms. The van der Waals surface area contributed by atoms with Gasteiger partial charge >= 0.3 is 11.8 Å². The van der Waals surface area contributed by atoms with Crippen LogP contribution in [0.25, 0.3) is 0 Å². The highest BCUT2D eigenvalue weighted by Crippen LogP contribution is 2.18. The van der Waals surface area contributed by atoms with E-state index in [9.17, 15) is 14.0 Å². The Morgan fingerprint density at radius 1 is 1.37 bits per heavy atom. The number of carbonyl (C=O) groups is 2. The van der Waals surface area contributed by atoms with Crippen molar-refractivity contribution in [3.05, 3.63) is 29.0 Å². The number of methoxy groups -OCH3 is 1. The molecule has 0 aromatic heterocycles. The third-order valence-corrected chi connectivity index (χ3v) is 2.43. The normalized spacial score (nSPS) is 10.1. The van der Waals surface area contributed by atoms with Gasteiger partial charge in [-0.05, 0) is 24.6 Å². The average molecular weight is 289 g/mol. The largest absolute Gasteiger partial charge is 0.385 e. The van der Waals surface area contributed by atoms with Crippen molar-refractivity contribution in [1.29, 1.82) is 0 Å². The maximum Gasteiger partial charge on any atom is 0.313 e. The topological polar surface area (TPSA) is 67.4 Å². The quantitative estimate of drug-likeness (QED) is 0.638. The molecule has 7 heteroatoms. The van der Waals surface area contributed by atoms with Gasteiger partial charge in [-0.3, -0.25) is 9.59 Å². The number of carbonyl (C=O) groups excluding carboxylic acids is 2. The van der Waals surface area contributed by atoms with Crippen molar-refractivity contribution in [2.75, 3.05) is 25.6 Å². The van der Waals surface area contributed by atoms with E-state index in [1.165, 1.54) is 19.2 Å². The first-order valence-electron chi connectivity index (χ1n) is 5.57. The van der Waals surface area contributed by atoms with E-state index in [0.717, 1.165) is 6.07 Å². The molecular weight excluding hydrogens is 275 g/mol. The summed E-state index contributed by atoms with van der Waals surface area (Å²) >= 11 is 5.57. The van der Waals surface area contributed by atoms with Gasteiger partial charge in [-0.1, -0.05) is 11.6 Å². The fourth-order valence-electron chi connectivity index (χ4n) is 1.27. The fraction of sp³-hybridized carbons (Fsp3) is 0.333. The molecule has 0 heterocycles. The van der Waals surface area contributed by atoms with Crippen LogP contribution in [-0.2, 0) is 14.3 Å². The number of nitrogens with one attached hydrogen (secondary N) is 2. The number of hydrogen-bond donors (Lipinski definition) is 2. The molecule has 2 N–H and O–H groups in total. The van der Waals surface area contributed by atoms with E-state index < -0.39 is 17.6 Å². The summed E-state index contributed by atoms with van der Waals surface area (Å²) in [5, 5.41) is 4.76. The summed E-state index contributed by atoms with van der Waals surface area (Å²) in [5.41, 5.74) is -0.0959. The molecule has 1 aromatic rings. The first-order chi connectivity index (χ1) is 9.04. The van der Waals surface area contributed by atoms with Crippen LogP contribution in [-0.4, -0.2) is 32.1 Å². The van der Waals surface area contributed by atoms with Crippen molar-refractivity contribution >= 4 is 29.1 Å². The molecule has 0 aliphatic rings. The van der Waals surface area contributed by atoms with Gasteiger partial charge in [-0.2, -0.15) is 0 Å². The van der Waals surface area contributed by atoms with Gasteiger partial charge in [0.1, 0.15) is 5.82 Å². The van der Waals surface area contributed by atoms with E-state index in [4.69, 9.17) is 16.3 Å². The SMILES string of the molecule is COCCCNC(=O)C(=O)Nc1ccc(Cl)cc1F. The van der Waals surface area contributed by atoms with Crippen LogP contribution < -0.4 is 10.6 Å². The fourth-order valence-corrected chi connectivity index (χ4v) is 1.43. The molecule has 2 amide bonds.